The quantitative estimate of drug-likeness (QED) is 0.189. The van der Waals surface area contributed by atoms with Crippen LogP contribution in [0.25, 0.3) is 0 Å². The van der Waals surface area contributed by atoms with Gasteiger partial charge in [0.15, 0.2) is 0 Å². The van der Waals surface area contributed by atoms with E-state index in [-0.39, 0.29) is 18.7 Å². The number of ketones is 1. The SMILES string of the molecule is CCC(=O)CNC1C(O)C(NCC(=O)O)C(O)C(NCC(=O)O)C1O. The van der Waals surface area contributed by atoms with Gasteiger partial charge in [0.25, 0.3) is 0 Å². The Balaban J connectivity index is 2.93. The third-order valence-corrected chi connectivity index (χ3v) is 4.11. The number of carboxylic acids is 2. The Hall–Kier alpha value is -1.63. The van der Waals surface area contributed by atoms with E-state index in [1.54, 1.807) is 6.92 Å². The first-order valence-corrected chi connectivity index (χ1v) is 7.88. The van der Waals surface area contributed by atoms with Gasteiger partial charge in [-0.15, -0.1) is 0 Å². The Morgan fingerprint density at radius 2 is 1.04 bits per heavy atom. The molecule has 25 heavy (non-hydrogen) atoms. The minimum Gasteiger partial charge on any atom is -0.480 e. The Morgan fingerprint density at radius 3 is 1.32 bits per heavy atom. The number of carbonyl (C=O) groups excluding carboxylic acids is 1. The molecule has 0 amide bonds. The van der Waals surface area contributed by atoms with E-state index in [4.69, 9.17) is 10.2 Å². The zero-order valence-corrected chi connectivity index (χ0v) is 13.8. The van der Waals surface area contributed by atoms with Gasteiger partial charge in [-0.25, -0.2) is 0 Å². The van der Waals surface area contributed by atoms with E-state index in [9.17, 15) is 29.7 Å². The Kier molecular flexibility index (Phi) is 8.35. The Morgan fingerprint density at radius 1 is 0.720 bits per heavy atom. The van der Waals surface area contributed by atoms with Crippen LogP contribution in [-0.2, 0) is 14.4 Å². The highest BCUT2D eigenvalue weighted by Gasteiger charge is 2.49. The number of hydrogen-bond donors (Lipinski definition) is 8. The molecule has 0 radical (unpaired) electrons. The van der Waals surface area contributed by atoms with Gasteiger partial charge >= 0.3 is 11.9 Å². The topological polar surface area (TPSA) is 188 Å². The average molecular weight is 363 g/mol. The van der Waals surface area contributed by atoms with Gasteiger partial charge in [0.05, 0.1) is 56.1 Å². The van der Waals surface area contributed by atoms with Crippen LogP contribution in [0.2, 0.25) is 0 Å². The fraction of sp³-hybridized carbons (Fsp3) is 0.786. The molecule has 0 spiro atoms. The zero-order valence-electron chi connectivity index (χ0n) is 13.8. The van der Waals surface area contributed by atoms with Crippen LogP contribution in [0.3, 0.4) is 0 Å². The minimum absolute atomic E-state index is 0.136. The van der Waals surface area contributed by atoms with Crippen molar-refractivity contribution >= 4 is 17.7 Å². The second kappa shape index (κ2) is 9.75. The maximum atomic E-state index is 11.5. The fourth-order valence-electron chi connectivity index (χ4n) is 2.77. The second-order valence-electron chi connectivity index (χ2n) is 5.87. The van der Waals surface area contributed by atoms with E-state index in [0.29, 0.717) is 0 Å². The molecule has 0 saturated heterocycles. The highest BCUT2D eigenvalue weighted by atomic mass is 16.4. The Labute approximate surface area is 144 Å². The molecule has 0 aromatic rings. The van der Waals surface area contributed by atoms with Gasteiger partial charge in [0.2, 0.25) is 0 Å². The van der Waals surface area contributed by atoms with Gasteiger partial charge in [-0.2, -0.15) is 0 Å². The summed E-state index contributed by atoms with van der Waals surface area (Å²) in [6.07, 6.45) is -4.02. The van der Waals surface area contributed by atoms with Crippen LogP contribution in [0, 0.1) is 0 Å². The lowest BCUT2D eigenvalue weighted by Crippen LogP contribution is -2.74. The van der Waals surface area contributed by atoms with Crippen molar-refractivity contribution in [2.24, 2.45) is 0 Å². The summed E-state index contributed by atoms with van der Waals surface area (Å²) in [5.74, 6) is -2.60. The molecule has 0 bridgehead atoms. The lowest BCUT2D eigenvalue weighted by molar-refractivity contribution is -0.138. The summed E-state index contributed by atoms with van der Waals surface area (Å²) >= 11 is 0. The van der Waals surface area contributed by atoms with E-state index in [1.165, 1.54) is 0 Å². The smallest absolute Gasteiger partial charge is 0.317 e. The average Bonchev–Trinajstić information content (AvgIpc) is 2.53. The first-order chi connectivity index (χ1) is 11.7. The molecule has 4 atom stereocenters. The number of aliphatic hydroxyl groups excluding tert-OH is 3. The van der Waals surface area contributed by atoms with Crippen LogP contribution in [-0.4, -0.2) is 99.3 Å². The lowest BCUT2D eigenvalue weighted by Gasteiger charge is -2.46. The first-order valence-electron chi connectivity index (χ1n) is 7.88. The van der Waals surface area contributed by atoms with Gasteiger partial charge in [-0.1, -0.05) is 6.92 Å². The van der Waals surface area contributed by atoms with Crippen LogP contribution in [0.15, 0.2) is 0 Å². The molecule has 4 unspecified atom stereocenters. The maximum absolute atomic E-state index is 11.5. The van der Waals surface area contributed by atoms with E-state index < -0.39 is 61.5 Å². The number of hydrogen-bond acceptors (Lipinski definition) is 9. The largest absolute Gasteiger partial charge is 0.480 e. The fourth-order valence-corrected chi connectivity index (χ4v) is 2.77. The van der Waals surface area contributed by atoms with Crippen molar-refractivity contribution < 1.29 is 39.9 Å². The molecule has 0 heterocycles. The Bertz CT molecular complexity index is 457. The molecule has 1 aliphatic carbocycles. The van der Waals surface area contributed by atoms with Gasteiger partial charge < -0.3 is 30.8 Å². The molecule has 1 fully saturated rings. The van der Waals surface area contributed by atoms with Crippen molar-refractivity contribution in [2.45, 2.75) is 49.8 Å². The van der Waals surface area contributed by atoms with Gasteiger partial charge in [0.1, 0.15) is 5.78 Å². The number of nitrogens with one attached hydrogen (secondary N) is 3. The van der Waals surface area contributed by atoms with Gasteiger partial charge in [-0.3, -0.25) is 25.0 Å². The summed E-state index contributed by atoms with van der Waals surface area (Å²) in [4.78, 5) is 32.9. The van der Waals surface area contributed by atoms with Crippen molar-refractivity contribution in [3.63, 3.8) is 0 Å². The predicted molar refractivity (Wildman–Crippen MR) is 84.0 cm³/mol. The number of carbonyl (C=O) groups is 3. The van der Waals surface area contributed by atoms with E-state index >= 15 is 0 Å². The second-order valence-corrected chi connectivity index (χ2v) is 5.87. The maximum Gasteiger partial charge on any atom is 0.317 e. The number of aliphatic hydroxyl groups is 3. The molecule has 1 rings (SSSR count). The van der Waals surface area contributed by atoms with Gasteiger partial charge in [-0.05, 0) is 0 Å². The summed E-state index contributed by atoms with van der Waals surface area (Å²) < 4.78 is 0. The molecular formula is C14H25N3O8. The van der Waals surface area contributed by atoms with Crippen molar-refractivity contribution in [1.29, 1.82) is 0 Å². The zero-order chi connectivity index (χ0) is 19.1. The van der Waals surface area contributed by atoms with E-state index in [1.807, 2.05) is 0 Å². The molecule has 11 nitrogen and oxygen atoms in total. The molecule has 0 aromatic carbocycles. The summed E-state index contributed by atoms with van der Waals surface area (Å²) in [6.45, 7) is 0.404. The van der Waals surface area contributed by atoms with Gasteiger partial charge in [0, 0.05) is 6.42 Å². The third kappa shape index (κ3) is 5.99. The number of carboxylic acid groups (broad SMARTS) is 2. The van der Waals surface area contributed by atoms with E-state index in [0.717, 1.165) is 0 Å². The van der Waals surface area contributed by atoms with Crippen LogP contribution in [0.5, 0.6) is 0 Å². The number of rotatable bonds is 10. The van der Waals surface area contributed by atoms with Crippen molar-refractivity contribution in [3.05, 3.63) is 0 Å². The molecule has 1 saturated carbocycles. The predicted octanol–water partition coefficient (Wildman–Crippen LogP) is -3.89. The van der Waals surface area contributed by atoms with Crippen molar-refractivity contribution in [1.82, 2.24) is 16.0 Å². The van der Waals surface area contributed by atoms with Crippen LogP contribution < -0.4 is 16.0 Å². The van der Waals surface area contributed by atoms with Crippen LogP contribution in [0.4, 0.5) is 0 Å². The van der Waals surface area contributed by atoms with Crippen molar-refractivity contribution in [3.8, 4) is 0 Å². The third-order valence-electron chi connectivity index (χ3n) is 4.11. The highest BCUT2D eigenvalue weighted by molar-refractivity contribution is 5.80. The lowest BCUT2D eigenvalue weighted by atomic mass is 9.79. The molecule has 8 N–H and O–H groups in total. The summed E-state index contributed by atoms with van der Waals surface area (Å²) in [5.41, 5.74) is 0. The highest BCUT2D eigenvalue weighted by Crippen LogP contribution is 2.22. The standard InChI is InChI=1S/C14H25N3O8/c1-2-6(18)3-15-9-12(23)10(16-4-7(19)20)14(25)11(13(9)24)17-5-8(21)22/h9-17,23-25H,2-5H2,1H3,(H,19,20)(H,21,22). The normalized spacial score (nSPS) is 32.3. The molecule has 11 heteroatoms. The molecular weight excluding hydrogens is 338 g/mol. The van der Waals surface area contributed by atoms with Crippen LogP contribution >= 0.6 is 0 Å². The molecule has 0 aromatic heterocycles. The molecule has 0 aliphatic heterocycles. The molecule has 1 aliphatic rings. The number of aliphatic carboxylic acids is 2. The van der Waals surface area contributed by atoms with E-state index in [2.05, 4.69) is 16.0 Å². The minimum atomic E-state index is -1.45. The first kappa shape index (κ1) is 21.4. The van der Waals surface area contributed by atoms with Crippen LogP contribution in [0.1, 0.15) is 13.3 Å². The summed E-state index contributed by atoms with van der Waals surface area (Å²) in [7, 11) is 0. The summed E-state index contributed by atoms with van der Waals surface area (Å²) in [6, 6.07) is -3.38. The molecule has 144 valence electrons. The van der Waals surface area contributed by atoms with Crippen molar-refractivity contribution in [2.75, 3.05) is 19.6 Å². The monoisotopic (exact) mass is 363 g/mol. The number of Topliss-reactive ketones (excluding diaryl/α,β-unsaturated/α-hetero) is 1. The summed E-state index contributed by atoms with van der Waals surface area (Å²) in [5, 5.41) is 56.2.